The number of hydrogen-bond acceptors (Lipinski definition) is 6. The number of nitrogens with one attached hydrogen (secondary N) is 4. The first-order chi connectivity index (χ1) is 16.7. The molecule has 3 aromatic heterocycles. The highest BCUT2D eigenvalue weighted by molar-refractivity contribution is 5.95. The van der Waals surface area contributed by atoms with Gasteiger partial charge in [0.15, 0.2) is 5.82 Å². The minimum Gasteiger partial charge on any atom is -0.366 e. The van der Waals surface area contributed by atoms with Crippen molar-refractivity contribution in [3.8, 4) is 0 Å². The molecule has 35 heavy (non-hydrogen) atoms. The molecule has 1 saturated heterocycles. The molecule has 1 atom stereocenters. The molecule has 1 saturated carbocycles. The summed E-state index contributed by atoms with van der Waals surface area (Å²) >= 11 is 0. The van der Waals surface area contributed by atoms with Crippen molar-refractivity contribution in [3.05, 3.63) is 53.4 Å². The van der Waals surface area contributed by atoms with Gasteiger partial charge in [-0.05, 0) is 54.8 Å². The van der Waals surface area contributed by atoms with Gasteiger partial charge in [0.1, 0.15) is 11.5 Å². The number of aromatic amines is 1. The molecular weight excluding hydrogens is 455 g/mol. The third-order valence-electron chi connectivity index (χ3n) is 6.89. The number of allylic oxidation sites excluding steroid dienone is 1. The zero-order valence-electron chi connectivity index (χ0n) is 19.6. The third kappa shape index (κ3) is 4.67. The van der Waals surface area contributed by atoms with Crippen molar-refractivity contribution in [2.75, 3.05) is 18.4 Å². The molecule has 0 amide bonds. The van der Waals surface area contributed by atoms with Crippen LogP contribution in [0.25, 0.3) is 16.5 Å². The molecule has 0 spiro atoms. The zero-order valence-corrected chi connectivity index (χ0v) is 19.6. The molecular formula is C25H28F3N7. The van der Waals surface area contributed by atoms with Gasteiger partial charge in [0, 0.05) is 47.7 Å². The van der Waals surface area contributed by atoms with E-state index in [4.69, 9.17) is 15.4 Å². The van der Waals surface area contributed by atoms with Crippen LogP contribution in [0.3, 0.4) is 0 Å². The average Bonchev–Trinajstić information content (AvgIpc) is 3.53. The molecule has 1 unspecified atom stereocenters. The Hall–Kier alpha value is -3.27. The van der Waals surface area contributed by atoms with Crippen LogP contribution in [0, 0.1) is 10.8 Å². The molecule has 5 rings (SSSR count). The first kappa shape index (κ1) is 23.5. The molecule has 0 aromatic carbocycles. The number of hydrogen-bond donors (Lipinski definition) is 4. The van der Waals surface area contributed by atoms with Crippen molar-refractivity contribution < 1.29 is 13.2 Å². The summed E-state index contributed by atoms with van der Waals surface area (Å²) in [5.74, 6) is 1.33. The Balaban J connectivity index is 1.65. The molecule has 1 aliphatic carbocycles. The molecule has 2 aliphatic rings. The van der Waals surface area contributed by atoms with E-state index in [0.29, 0.717) is 22.8 Å². The molecule has 7 nitrogen and oxygen atoms in total. The largest absolute Gasteiger partial charge is 0.431 e. The normalized spacial score (nSPS) is 20.7. The van der Waals surface area contributed by atoms with Gasteiger partial charge in [-0.25, -0.2) is 9.97 Å². The van der Waals surface area contributed by atoms with Crippen molar-refractivity contribution in [3.63, 3.8) is 0 Å². The maximum atomic E-state index is 13.2. The average molecular weight is 484 g/mol. The number of pyridine rings is 1. The van der Waals surface area contributed by atoms with Gasteiger partial charge < -0.3 is 21.0 Å². The number of anilines is 1. The number of rotatable bonds is 6. The first-order valence-corrected chi connectivity index (χ1v) is 11.8. The van der Waals surface area contributed by atoms with E-state index in [1.807, 2.05) is 6.20 Å². The minimum absolute atomic E-state index is 0.0294. The highest BCUT2D eigenvalue weighted by atomic mass is 19.4. The van der Waals surface area contributed by atoms with E-state index in [9.17, 15) is 13.2 Å². The first-order valence-electron chi connectivity index (χ1n) is 11.8. The number of piperidine rings is 1. The summed E-state index contributed by atoms with van der Waals surface area (Å²) in [7, 11) is 0. The second kappa shape index (κ2) is 8.75. The van der Waals surface area contributed by atoms with Gasteiger partial charge in [-0.15, -0.1) is 0 Å². The summed E-state index contributed by atoms with van der Waals surface area (Å²) in [6.07, 6.45) is 5.85. The van der Waals surface area contributed by atoms with Crippen LogP contribution < -0.4 is 10.6 Å². The zero-order chi connectivity index (χ0) is 24.8. The lowest BCUT2D eigenvalue weighted by molar-refractivity contribution is -0.140. The molecule has 3 aromatic rings. The van der Waals surface area contributed by atoms with Gasteiger partial charge in [0.2, 0.25) is 0 Å². The maximum absolute atomic E-state index is 13.2. The fourth-order valence-corrected chi connectivity index (χ4v) is 4.74. The fourth-order valence-electron chi connectivity index (χ4n) is 4.74. The number of alkyl halides is 3. The quantitative estimate of drug-likeness (QED) is 0.364. The smallest absolute Gasteiger partial charge is 0.366 e. The van der Waals surface area contributed by atoms with Gasteiger partial charge in [-0.3, -0.25) is 4.98 Å². The van der Waals surface area contributed by atoms with Crippen LogP contribution >= 0.6 is 0 Å². The van der Waals surface area contributed by atoms with E-state index in [-0.39, 0.29) is 22.8 Å². The summed E-state index contributed by atoms with van der Waals surface area (Å²) in [4.78, 5) is 16.3. The highest BCUT2D eigenvalue weighted by Gasteiger charge is 2.35. The topological polar surface area (TPSA) is 102 Å². The number of halogens is 3. The predicted octanol–water partition coefficient (Wildman–Crippen LogP) is 5.13. The molecule has 184 valence electrons. The van der Waals surface area contributed by atoms with E-state index in [2.05, 4.69) is 34.4 Å². The maximum Gasteiger partial charge on any atom is 0.431 e. The van der Waals surface area contributed by atoms with Crippen LogP contribution in [-0.2, 0) is 6.18 Å². The standard InChI is InChI=1S/C25H28F3N7/c1-24(2)13-30-8-6-19(24)34-23-21-17(14-3-4-14)11-31-12-18(21)33-22(35-23)16(5-7-29)15-9-20(32-10-15)25(26,27)28/h5,7,9-12,14,19,29-30,32H,3-4,6,8,13H2,1-2H3,(H,33,34,35)/b16-5+,29-7?. The molecule has 0 bridgehead atoms. The van der Waals surface area contributed by atoms with E-state index in [0.717, 1.165) is 55.6 Å². The van der Waals surface area contributed by atoms with Crippen LogP contribution in [0.5, 0.6) is 0 Å². The Morgan fingerprint density at radius 1 is 1.20 bits per heavy atom. The van der Waals surface area contributed by atoms with Crippen LogP contribution in [0.2, 0.25) is 0 Å². The third-order valence-corrected chi connectivity index (χ3v) is 6.89. The molecule has 4 heterocycles. The van der Waals surface area contributed by atoms with Gasteiger partial charge in [0.25, 0.3) is 0 Å². The molecule has 2 fully saturated rings. The summed E-state index contributed by atoms with van der Waals surface area (Å²) in [6.45, 7) is 6.14. The number of H-pyrrole nitrogens is 1. The van der Waals surface area contributed by atoms with Crippen molar-refractivity contribution >= 4 is 28.5 Å². The molecule has 0 radical (unpaired) electrons. The lowest BCUT2D eigenvalue weighted by Crippen LogP contribution is -2.49. The van der Waals surface area contributed by atoms with Crippen molar-refractivity contribution in [1.29, 1.82) is 5.41 Å². The second-order valence-electron chi connectivity index (χ2n) is 9.99. The highest BCUT2D eigenvalue weighted by Crippen LogP contribution is 2.45. The number of aromatic nitrogens is 4. The SMILES string of the molecule is CC1(C)CNCCC1Nc1nc(/C(=C/C=N)c2c[nH]c(C(F)(F)F)c2)nc2cncc(C3CC3)c12. The van der Waals surface area contributed by atoms with Crippen LogP contribution in [-0.4, -0.2) is 45.3 Å². The lowest BCUT2D eigenvalue weighted by Gasteiger charge is -2.40. The van der Waals surface area contributed by atoms with E-state index >= 15 is 0 Å². The van der Waals surface area contributed by atoms with Crippen molar-refractivity contribution in [1.82, 2.24) is 25.3 Å². The predicted molar refractivity (Wildman–Crippen MR) is 130 cm³/mol. The monoisotopic (exact) mass is 483 g/mol. The van der Waals surface area contributed by atoms with E-state index in [1.165, 1.54) is 12.3 Å². The molecule has 1 aliphatic heterocycles. The Kier molecular flexibility index (Phi) is 5.86. The Bertz CT molecular complexity index is 1290. The van der Waals surface area contributed by atoms with Gasteiger partial charge in [-0.1, -0.05) is 13.8 Å². The Morgan fingerprint density at radius 3 is 2.66 bits per heavy atom. The summed E-state index contributed by atoms with van der Waals surface area (Å²) < 4.78 is 39.7. The summed E-state index contributed by atoms with van der Waals surface area (Å²) in [6, 6.07) is 1.17. The van der Waals surface area contributed by atoms with Crippen LogP contribution in [0.4, 0.5) is 19.0 Å². The lowest BCUT2D eigenvalue weighted by atomic mass is 9.80. The van der Waals surface area contributed by atoms with E-state index < -0.39 is 11.9 Å². The molecule has 4 N–H and O–H groups in total. The molecule has 10 heteroatoms. The van der Waals surface area contributed by atoms with Crippen molar-refractivity contribution in [2.24, 2.45) is 5.41 Å². The number of fused-ring (bicyclic) bond motifs is 1. The fraction of sp³-hybridized carbons (Fsp3) is 0.440. The Labute approximate surface area is 201 Å². The van der Waals surface area contributed by atoms with Gasteiger partial charge in [-0.2, -0.15) is 13.2 Å². The van der Waals surface area contributed by atoms with Crippen LogP contribution in [0.15, 0.2) is 30.7 Å². The van der Waals surface area contributed by atoms with Gasteiger partial charge >= 0.3 is 6.18 Å². The second-order valence-corrected chi connectivity index (χ2v) is 9.99. The summed E-state index contributed by atoms with van der Waals surface area (Å²) in [5.41, 5.74) is 1.44. The number of nitrogens with zero attached hydrogens (tertiary/aromatic N) is 3. The van der Waals surface area contributed by atoms with E-state index in [1.54, 1.807) is 6.20 Å². The van der Waals surface area contributed by atoms with Gasteiger partial charge in [0.05, 0.1) is 11.7 Å². The van der Waals surface area contributed by atoms with Crippen LogP contribution in [0.1, 0.15) is 61.7 Å². The minimum atomic E-state index is -4.51. The van der Waals surface area contributed by atoms with Crippen molar-refractivity contribution in [2.45, 2.75) is 51.2 Å². The Morgan fingerprint density at radius 2 is 2.00 bits per heavy atom. The summed E-state index contributed by atoms with van der Waals surface area (Å²) in [5, 5.41) is 15.6.